The van der Waals surface area contributed by atoms with Crippen LogP contribution in [0.5, 0.6) is 0 Å². The molecule has 2 atom stereocenters. The highest BCUT2D eigenvalue weighted by atomic mass is 16.4. The number of aliphatic carboxylic acids is 3. The number of hydrogen-bond donors (Lipinski definition) is 4. The van der Waals surface area contributed by atoms with E-state index < -0.39 is 36.4 Å². The molecular weight excluding hydrogens is 406 g/mol. The Morgan fingerprint density at radius 2 is 1.58 bits per heavy atom. The molecular formula is C22H23NO8. The molecule has 0 bridgehead atoms. The first-order valence-corrected chi connectivity index (χ1v) is 9.50. The molecule has 0 saturated carbocycles. The average molecular weight is 429 g/mol. The molecule has 1 amide bonds. The number of carbonyl (C=O) groups is 4. The molecule has 2 aromatic rings. The van der Waals surface area contributed by atoms with Crippen molar-refractivity contribution in [1.82, 2.24) is 0 Å². The molecule has 0 saturated heterocycles. The topological polar surface area (TPSA) is 152 Å². The van der Waals surface area contributed by atoms with Crippen LogP contribution in [-0.4, -0.2) is 50.3 Å². The van der Waals surface area contributed by atoms with Crippen molar-refractivity contribution in [1.29, 1.82) is 0 Å². The third-order valence-electron chi connectivity index (χ3n) is 4.79. The summed E-state index contributed by atoms with van der Waals surface area (Å²) in [6.45, 7) is 2.41. The number of rotatable bonds is 7. The average Bonchev–Trinajstić information content (AvgIpc) is 3.06. The van der Waals surface area contributed by atoms with Crippen molar-refractivity contribution in [3.63, 3.8) is 0 Å². The molecule has 0 spiro atoms. The smallest absolute Gasteiger partial charge is 0.333 e. The van der Waals surface area contributed by atoms with E-state index >= 15 is 0 Å². The van der Waals surface area contributed by atoms with Crippen LogP contribution >= 0.6 is 0 Å². The second-order valence-corrected chi connectivity index (χ2v) is 6.89. The number of amides is 1. The van der Waals surface area contributed by atoms with E-state index in [1.54, 1.807) is 17.0 Å². The van der Waals surface area contributed by atoms with Gasteiger partial charge in [0.2, 0.25) is 0 Å². The molecule has 3 rings (SSSR count). The fourth-order valence-electron chi connectivity index (χ4n) is 3.16. The third-order valence-corrected chi connectivity index (χ3v) is 4.79. The van der Waals surface area contributed by atoms with E-state index in [9.17, 15) is 24.3 Å². The lowest BCUT2D eigenvalue weighted by Crippen LogP contribution is -2.23. The van der Waals surface area contributed by atoms with Crippen LogP contribution in [0, 0.1) is 0 Å². The van der Waals surface area contributed by atoms with Crippen LogP contribution in [0.4, 0.5) is 5.69 Å². The van der Waals surface area contributed by atoms with Gasteiger partial charge in [-0.05, 0) is 35.7 Å². The van der Waals surface area contributed by atoms with E-state index in [-0.39, 0.29) is 5.91 Å². The van der Waals surface area contributed by atoms with Crippen molar-refractivity contribution in [3.8, 4) is 0 Å². The highest BCUT2D eigenvalue weighted by Gasteiger charge is 2.28. The molecule has 0 aromatic heterocycles. The minimum absolute atomic E-state index is 0.00590. The molecule has 164 valence electrons. The minimum atomic E-state index is -1.79. The lowest BCUT2D eigenvalue weighted by atomic mass is 9.96. The van der Waals surface area contributed by atoms with Crippen molar-refractivity contribution in [2.45, 2.75) is 38.3 Å². The number of carboxylic acid groups (broad SMARTS) is 3. The maximum Gasteiger partial charge on any atom is 0.333 e. The summed E-state index contributed by atoms with van der Waals surface area (Å²) >= 11 is 0. The number of aliphatic hydroxyl groups excluding tert-OH is 1. The number of fused-ring (bicyclic) bond motifs is 1. The molecule has 1 heterocycles. The lowest BCUT2D eigenvalue weighted by Gasteiger charge is -2.17. The number of anilines is 1. The van der Waals surface area contributed by atoms with Gasteiger partial charge in [-0.25, -0.2) is 4.79 Å². The molecule has 2 unspecified atom stereocenters. The molecule has 0 radical (unpaired) electrons. The number of carboxylic acids is 3. The number of nitrogens with zero attached hydrogens (tertiary/aromatic N) is 1. The van der Waals surface area contributed by atoms with Crippen molar-refractivity contribution in [2.75, 3.05) is 4.90 Å². The van der Waals surface area contributed by atoms with Gasteiger partial charge < -0.3 is 25.3 Å². The van der Waals surface area contributed by atoms with Crippen LogP contribution in [0.25, 0.3) is 0 Å². The summed E-state index contributed by atoms with van der Waals surface area (Å²) < 4.78 is 0. The molecule has 2 aromatic carbocycles. The maximum atomic E-state index is 12.4. The molecule has 4 N–H and O–H groups in total. The Morgan fingerprint density at radius 1 is 0.968 bits per heavy atom. The van der Waals surface area contributed by atoms with Crippen molar-refractivity contribution in [2.24, 2.45) is 0 Å². The SMILES string of the molecule is CCC(C(=O)O)c1ccc(N2Cc3ccccc3C2=O)cc1.O=C(O)CC(O)C(=O)O. The van der Waals surface area contributed by atoms with Gasteiger partial charge in [0.1, 0.15) is 0 Å². The molecule has 9 heteroatoms. The Bertz CT molecular complexity index is 970. The standard InChI is InChI=1S/C18H17NO3.C4H6O5/c1-2-15(18(21)22)12-7-9-14(10-8-12)19-11-13-5-3-4-6-16(13)17(19)20;5-2(4(8)9)1-3(6)7/h3-10,15H,2,11H2,1H3,(H,21,22);2,5H,1H2,(H,6,7)(H,8,9). The van der Waals surface area contributed by atoms with E-state index in [4.69, 9.17) is 15.3 Å². The van der Waals surface area contributed by atoms with Crippen LogP contribution in [0.3, 0.4) is 0 Å². The Kier molecular flexibility index (Phi) is 7.87. The van der Waals surface area contributed by atoms with Crippen molar-refractivity contribution >= 4 is 29.5 Å². The Hall–Kier alpha value is -3.72. The van der Waals surface area contributed by atoms with Gasteiger partial charge >= 0.3 is 17.9 Å². The summed E-state index contributed by atoms with van der Waals surface area (Å²) in [5.74, 6) is -4.17. The molecule has 0 aliphatic carbocycles. The molecule has 1 aliphatic rings. The van der Waals surface area contributed by atoms with Crippen molar-refractivity contribution in [3.05, 3.63) is 65.2 Å². The van der Waals surface area contributed by atoms with Gasteiger partial charge in [-0.1, -0.05) is 37.3 Å². The van der Waals surface area contributed by atoms with Gasteiger partial charge in [0.25, 0.3) is 5.91 Å². The molecule has 31 heavy (non-hydrogen) atoms. The van der Waals surface area contributed by atoms with E-state index in [0.717, 1.165) is 22.4 Å². The largest absolute Gasteiger partial charge is 0.481 e. The first kappa shape index (κ1) is 23.6. The van der Waals surface area contributed by atoms with Gasteiger partial charge in [0.15, 0.2) is 6.10 Å². The number of aliphatic hydroxyl groups is 1. The molecule has 9 nitrogen and oxygen atoms in total. The van der Waals surface area contributed by atoms with Crippen LogP contribution in [0.2, 0.25) is 0 Å². The van der Waals surface area contributed by atoms with E-state index in [2.05, 4.69) is 0 Å². The maximum absolute atomic E-state index is 12.4. The second kappa shape index (κ2) is 10.4. The highest BCUT2D eigenvalue weighted by Crippen LogP contribution is 2.29. The Balaban J connectivity index is 0.000000323. The summed E-state index contributed by atoms with van der Waals surface area (Å²) in [6.07, 6.45) is -2.00. The molecule has 1 aliphatic heterocycles. The third kappa shape index (κ3) is 5.89. The first-order valence-electron chi connectivity index (χ1n) is 9.50. The van der Waals surface area contributed by atoms with E-state index in [0.29, 0.717) is 13.0 Å². The van der Waals surface area contributed by atoms with Crippen LogP contribution < -0.4 is 4.90 Å². The lowest BCUT2D eigenvalue weighted by molar-refractivity contribution is -0.152. The van der Waals surface area contributed by atoms with Gasteiger partial charge in [-0.15, -0.1) is 0 Å². The van der Waals surface area contributed by atoms with Gasteiger partial charge in [0.05, 0.1) is 18.9 Å². The zero-order valence-corrected chi connectivity index (χ0v) is 16.8. The quantitative estimate of drug-likeness (QED) is 0.523. The monoisotopic (exact) mass is 429 g/mol. The van der Waals surface area contributed by atoms with Gasteiger partial charge in [-0.3, -0.25) is 14.4 Å². The number of carbonyl (C=O) groups excluding carboxylic acids is 1. The number of benzene rings is 2. The Morgan fingerprint density at radius 3 is 2.03 bits per heavy atom. The predicted octanol–water partition coefficient (Wildman–Crippen LogP) is 2.33. The van der Waals surface area contributed by atoms with Gasteiger partial charge in [0, 0.05) is 11.3 Å². The summed E-state index contributed by atoms with van der Waals surface area (Å²) in [6, 6.07) is 14.8. The van der Waals surface area contributed by atoms with Crippen molar-refractivity contribution < 1.29 is 39.6 Å². The van der Waals surface area contributed by atoms with Crippen LogP contribution in [0.1, 0.15) is 47.2 Å². The fraction of sp³-hybridized carbons (Fsp3) is 0.273. The van der Waals surface area contributed by atoms with Crippen LogP contribution in [-0.2, 0) is 20.9 Å². The molecule has 0 fully saturated rings. The zero-order valence-electron chi connectivity index (χ0n) is 16.8. The zero-order chi connectivity index (χ0) is 23.1. The minimum Gasteiger partial charge on any atom is -0.481 e. The van der Waals surface area contributed by atoms with E-state index in [1.807, 2.05) is 43.3 Å². The summed E-state index contributed by atoms with van der Waals surface area (Å²) in [4.78, 5) is 44.8. The highest BCUT2D eigenvalue weighted by molar-refractivity contribution is 6.10. The Labute approximate surface area is 178 Å². The van der Waals surface area contributed by atoms with Crippen LogP contribution in [0.15, 0.2) is 48.5 Å². The second-order valence-electron chi connectivity index (χ2n) is 6.89. The summed E-state index contributed by atoms with van der Waals surface area (Å²) in [5.41, 5.74) is 3.32. The fourth-order valence-corrected chi connectivity index (χ4v) is 3.16. The normalized spacial score (nSPS) is 14.1. The summed E-state index contributed by atoms with van der Waals surface area (Å²) in [5, 5.41) is 33.3. The summed E-state index contributed by atoms with van der Waals surface area (Å²) in [7, 11) is 0. The first-order chi connectivity index (χ1) is 14.6. The number of hydrogen-bond acceptors (Lipinski definition) is 5. The predicted molar refractivity (Wildman–Crippen MR) is 110 cm³/mol. The van der Waals surface area contributed by atoms with E-state index in [1.165, 1.54) is 0 Å². The van der Waals surface area contributed by atoms with Gasteiger partial charge in [-0.2, -0.15) is 0 Å².